The summed E-state index contributed by atoms with van der Waals surface area (Å²) in [6.07, 6.45) is -1.61. The van der Waals surface area contributed by atoms with Crippen LogP contribution in [0.15, 0.2) is 30.8 Å². The van der Waals surface area contributed by atoms with Gasteiger partial charge in [0.1, 0.15) is 1.37 Å². The molecule has 0 aliphatic carbocycles. The van der Waals surface area contributed by atoms with E-state index in [1.807, 2.05) is 20.8 Å². The maximum Gasteiger partial charge on any atom is 0.105 e. The van der Waals surface area contributed by atoms with Gasteiger partial charge in [-0.3, -0.25) is 0 Å². The second-order valence-electron chi connectivity index (χ2n) is 4.94. The summed E-state index contributed by atoms with van der Waals surface area (Å²) in [5, 5.41) is 0. The van der Waals surface area contributed by atoms with Crippen LogP contribution in [-0.2, 0) is 5.41 Å². The Kier molecular flexibility index (Phi) is 1.18. The maximum absolute atomic E-state index is 7.96. The van der Waals surface area contributed by atoms with Crippen LogP contribution in [0.3, 0.4) is 0 Å². The highest BCUT2D eigenvalue weighted by molar-refractivity contribution is 5.50. The summed E-state index contributed by atoms with van der Waals surface area (Å²) >= 11 is 0. The molecule has 2 rings (SSSR count). The van der Waals surface area contributed by atoms with E-state index in [9.17, 15) is 0 Å². The Morgan fingerprint density at radius 3 is 2.29 bits per heavy atom. The van der Waals surface area contributed by atoms with Crippen LogP contribution in [0.5, 0.6) is 0 Å². The van der Waals surface area contributed by atoms with Gasteiger partial charge in [0.2, 0.25) is 0 Å². The average molecular weight is 237 g/mol. The summed E-state index contributed by atoms with van der Waals surface area (Å²) in [5.41, 5.74) is -0.852. The van der Waals surface area contributed by atoms with E-state index in [0.717, 1.165) is 4.57 Å². The average Bonchev–Trinajstić information content (AvgIpc) is 2.67. The van der Waals surface area contributed by atoms with Gasteiger partial charge in [-0.15, -0.1) is 0 Å². The molecular weight excluding hydrogens is 208 g/mol. The summed E-state index contributed by atoms with van der Waals surface area (Å²) in [6, 6.07) is 2.78. The SMILES string of the molecule is [2H]c1nc([2H])n(-c2c(C([2H])([2H])[2H])cc(C(C)(C)C)cc2C([2H])([2H])[2H])c1[2H]. The fourth-order valence-electron chi connectivity index (χ4n) is 1.59. The lowest BCUT2D eigenvalue weighted by Crippen LogP contribution is -2.12. The summed E-state index contributed by atoms with van der Waals surface area (Å²) in [4.78, 5) is 3.55. The van der Waals surface area contributed by atoms with Crippen LogP contribution < -0.4 is 0 Å². The lowest BCUT2D eigenvalue weighted by atomic mass is 9.85. The lowest BCUT2D eigenvalue weighted by molar-refractivity contribution is 0.589. The molecule has 1 aromatic carbocycles. The summed E-state index contributed by atoms with van der Waals surface area (Å²) in [7, 11) is 0. The fourth-order valence-corrected chi connectivity index (χ4v) is 1.59. The second-order valence-corrected chi connectivity index (χ2v) is 4.94. The predicted octanol–water partition coefficient (Wildman–Crippen LogP) is 3.79. The van der Waals surface area contributed by atoms with Crippen molar-refractivity contribution >= 4 is 0 Å². The van der Waals surface area contributed by atoms with Crippen molar-refractivity contribution in [3.63, 3.8) is 0 Å². The Hall–Kier alpha value is -1.57. The fraction of sp³-hybridized carbons (Fsp3) is 0.400. The zero-order chi connectivity index (χ0) is 20.2. The van der Waals surface area contributed by atoms with Crippen LogP contribution >= 0.6 is 0 Å². The van der Waals surface area contributed by atoms with Crippen molar-refractivity contribution in [1.29, 1.82) is 0 Å². The van der Waals surface area contributed by atoms with Crippen molar-refractivity contribution in [2.45, 2.75) is 39.9 Å². The van der Waals surface area contributed by atoms with Crippen LogP contribution in [0.25, 0.3) is 5.69 Å². The zero-order valence-electron chi connectivity index (χ0n) is 19.0. The van der Waals surface area contributed by atoms with E-state index in [1.165, 1.54) is 12.1 Å². The van der Waals surface area contributed by atoms with Crippen LogP contribution in [0.1, 0.15) is 49.8 Å². The van der Waals surface area contributed by atoms with Gasteiger partial charge >= 0.3 is 0 Å². The van der Waals surface area contributed by atoms with E-state index in [-0.39, 0.29) is 16.8 Å². The summed E-state index contributed by atoms with van der Waals surface area (Å²) in [5.74, 6) is 0. The van der Waals surface area contributed by atoms with Crippen molar-refractivity contribution in [3.05, 3.63) is 47.5 Å². The second kappa shape index (κ2) is 4.02. The zero-order valence-corrected chi connectivity index (χ0v) is 10.0. The molecule has 0 spiro atoms. The Balaban J connectivity index is 3.06. The molecule has 0 unspecified atom stereocenters. The van der Waals surface area contributed by atoms with Gasteiger partial charge in [0, 0.05) is 20.6 Å². The van der Waals surface area contributed by atoms with Gasteiger partial charge < -0.3 is 4.57 Å². The summed E-state index contributed by atoms with van der Waals surface area (Å²) in [6.45, 7) is 0.141. The predicted molar refractivity (Wildman–Crippen MR) is 71.7 cm³/mol. The smallest absolute Gasteiger partial charge is 0.105 e. The van der Waals surface area contributed by atoms with Crippen LogP contribution in [0, 0.1) is 13.7 Å². The first-order valence-electron chi connectivity index (χ1n) is 9.77. The molecule has 0 saturated heterocycles. The third-order valence-electron chi connectivity index (χ3n) is 2.57. The maximum atomic E-state index is 7.96. The molecule has 2 aromatic rings. The standard InChI is InChI=1S/C15H20N2/c1-11-8-13(15(3,4)5)9-12(2)14(11)17-7-6-16-10-17/h6-10H,1-5H3/i1D3,2D3,6D,7D,10D. The van der Waals surface area contributed by atoms with E-state index in [1.54, 1.807) is 0 Å². The van der Waals surface area contributed by atoms with Crippen molar-refractivity contribution in [2.24, 2.45) is 0 Å². The number of aromatic nitrogens is 2. The van der Waals surface area contributed by atoms with E-state index in [4.69, 9.17) is 12.3 Å². The third-order valence-corrected chi connectivity index (χ3v) is 2.57. The van der Waals surface area contributed by atoms with Crippen LogP contribution in [-0.4, -0.2) is 9.55 Å². The number of benzene rings is 1. The molecule has 0 saturated carbocycles. The quantitative estimate of drug-likeness (QED) is 0.738. The van der Waals surface area contributed by atoms with Gasteiger partial charge in [0.15, 0.2) is 0 Å². The largest absolute Gasteiger partial charge is 0.306 e. The Labute approximate surface area is 116 Å². The summed E-state index contributed by atoms with van der Waals surface area (Å²) < 4.78 is 71.4. The van der Waals surface area contributed by atoms with E-state index >= 15 is 0 Å². The van der Waals surface area contributed by atoms with Crippen LogP contribution in [0.2, 0.25) is 0 Å². The molecule has 2 heteroatoms. The minimum atomic E-state index is -2.68. The van der Waals surface area contributed by atoms with Crippen molar-refractivity contribution in [1.82, 2.24) is 9.55 Å². The van der Waals surface area contributed by atoms with E-state index in [2.05, 4.69) is 4.98 Å². The Morgan fingerprint density at radius 1 is 1.24 bits per heavy atom. The van der Waals surface area contributed by atoms with E-state index < -0.39 is 37.8 Å². The molecule has 90 valence electrons. The topological polar surface area (TPSA) is 17.8 Å². The molecule has 2 nitrogen and oxygen atoms in total. The Bertz CT molecular complexity index is 804. The van der Waals surface area contributed by atoms with Gasteiger partial charge in [0.05, 0.1) is 14.7 Å². The minimum absolute atomic E-state index is 0.282. The third kappa shape index (κ3) is 2.26. The lowest BCUT2D eigenvalue weighted by Gasteiger charge is -2.22. The van der Waals surface area contributed by atoms with Crippen molar-refractivity contribution < 1.29 is 12.3 Å². The van der Waals surface area contributed by atoms with Crippen molar-refractivity contribution in [3.8, 4) is 5.69 Å². The molecule has 0 radical (unpaired) electrons. The molecule has 0 N–H and O–H groups in total. The van der Waals surface area contributed by atoms with E-state index in [0.29, 0.717) is 5.56 Å². The van der Waals surface area contributed by atoms with Gasteiger partial charge in [-0.05, 0) is 35.8 Å². The highest BCUT2D eigenvalue weighted by Crippen LogP contribution is 2.28. The van der Waals surface area contributed by atoms with Crippen molar-refractivity contribution in [2.75, 3.05) is 0 Å². The molecule has 0 atom stereocenters. The molecule has 0 fully saturated rings. The first kappa shape index (κ1) is 4.97. The van der Waals surface area contributed by atoms with Gasteiger partial charge in [-0.2, -0.15) is 0 Å². The molecule has 17 heavy (non-hydrogen) atoms. The minimum Gasteiger partial charge on any atom is -0.306 e. The molecule has 0 bridgehead atoms. The van der Waals surface area contributed by atoms with Gasteiger partial charge in [0.25, 0.3) is 0 Å². The number of hydrogen-bond donors (Lipinski definition) is 0. The molecule has 0 amide bonds. The number of rotatable bonds is 1. The highest BCUT2D eigenvalue weighted by atomic mass is 15.0. The number of aryl methyl sites for hydroxylation is 2. The molecule has 0 aliphatic heterocycles. The molecule has 1 aromatic heterocycles. The number of imidazole rings is 1. The molecule has 0 aliphatic rings. The highest BCUT2D eigenvalue weighted by Gasteiger charge is 2.16. The number of hydrogen-bond acceptors (Lipinski definition) is 1. The monoisotopic (exact) mass is 237 g/mol. The molecular formula is C15H20N2. The van der Waals surface area contributed by atoms with Gasteiger partial charge in [-0.1, -0.05) is 32.9 Å². The Morgan fingerprint density at radius 2 is 1.88 bits per heavy atom. The van der Waals surface area contributed by atoms with Crippen LogP contribution in [0.4, 0.5) is 0 Å². The first-order valence-corrected chi connectivity index (χ1v) is 5.27. The van der Waals surface area contributed by atoms with Gasteiger partial charge in [-0.25, -0.2) is 4.98 Å². The normalized spacial score (nSPS) is 21.0. The number of nitrogens with zero attached hydrogens (tertiary/aromatic N) is 2. The molecule has 1 heterocycles. The first-order chi connectivity index (χ1) is 11.5.